The van der Waals surface area contributed by atoms with Crippen LogP contribution in [0.1, 0.15) is 21.7 Å². The lowest BCUT2D eigenvalue weighted by molar-refractivity contribution is -0.137. The number of halogens is 4. The predicted octanol–water partition coefficient (Wildman–Crippen LogP) is 3.97. The third-order valence-corrected chi connectivity index (χ3v) is 5.12. The fourth-order valence-electron chi connectivity index (χ4n) is 3.47. The first-order chi connectivity index (χ1) is 14.7. The summed E-state index contributed by atoms with van der Waals surface area (Å²) in [5.74, 6) is 0.567. The summed E-state index contributed by atoms with van der Waals surface area (Å²) in [4.78, 5) is 20.9. The van der Waals surface area contributed by atoms with Gasteiger partial charge in [-0.15, -0.1) is 0 Å². The van der Waals surface area contributed by atoms with Crippen molar-refractivity contribution in [3.63, 3.8) is 0 Å². The fourth-order valence-corrected chi connectivity index (χ4v) is 3.47. The number of likely N-dealkylation sites (tertiary alicyclic amines) is 1. The molecule has 10 heteroatoms. The number of fused-ring (bicyclic) bond motifs is 1. The Morgan fingerprint density at radius 3 is 2.61 bits per heavy atom. The zero-order chi connectivity index (χ0) is 22.2. The fraction of sp³-hybridized carbons (Fsp3) is 0.333. The number of nitrogens with zero attached hydrogens (tertiary/aromatic N) is 2. The minimum absolute atomic E-state index is 0.0600. The Bertz CT molecular complexity index is 1080. The highest BCUT2D eigenvalue weighted by molar-refractivity contribution is 5.94. The molecule has 164 valence electrons. The SMILES string of the molecule is COc1ccc(C(=O)N2C[C@@H](F)[C@@H](OCc3nc4ccc(C(F)(F)F)cc4[nH]3)C2)cc1. The lowest BCUT2D eigenvalue weighted by Crippen LogP contribution is -2.30. The molecular formula is C21H19F4N3O3. The predicted molar refractivity (Wildman–Crippen MR) is 103 cm³/mol. The number of H-pyrrole nitrogens is 1. The molecule has 0 aliphatic carbocycles. The third-order valence-electron chi connectivity index (χ3n) is 5.12. The number of nitrogens with one attached hydrogen (secondary N) is 1. The van der Waals surface area contributed by atoms with Crippen molar-refractivity contribution in [1.29, 1.82) is 0 Å². The van der Waals surface area contributed by atoms with Crippen LogP contribution in [0.2, 0.25) is 0 Å². The average molecular weight is 437 g/mol. The smallest absolute Gasteiger partial charge is 0.416 e. The molecule has 6 nitrogen and oxygen atoms in total. The molecule has 1 aliphatic rings. The van der Waals surface area contributed by atoms with E-state index in [4.69, 9.17) is 9.47 Å². The van der Waals surface area contributed by atoms with Crippen molar-refractivity contribution in [2.24, 2.45) is 0 Å². The zero-order valence-corrected chi connectivity index (χ0v) is 16.4. The number of imidazole rings is 1. The largest absolute Gasteiger partial charge is 0.497 e. The lowest BCUT2D eigenvalue weighted by Gasteiger charge is -2.16. The van der Waals surface area contributed by atoms with E-state index in [0.717, 1.165) is 12.1 Å². The average Bonchev–Trinajstić information content (AvgIpc) is 3.33. The number of carbonyl (C=O) groups is 1. The van der Waals surface area contributed by atoms with Crippen LogP contribution in [0.15, 0.2) is 42.5 Å². The number of aromatic nitrogens is 2. The van der Waals surface area contributed by atoms with Crippen LogP contribution in [0.4, 0.5) is 17.6 Å². The Morgan fingerprint density at radius 1 is 1.19 bits per heavy atom. The van der Waals surface area contributed by atoms with Crippen molar-refractivity contribution in [3.8, 4) is 5.75 Å². The molecule has 0 bridgehead atoms. The lowest BCUT2D eigenvalue weighted by atomic mass is 10.2. The summed E-state index contributed by atoms with van der Waals surface area (Å²) in [6.45, 7) is -0.166. The molecule has 1 saturated heterocycles. The van der Waals surface area contributed by atoms with E-state index in [0.29, 0.717) is 16.8 Å². The summed E-state index contributed by atoms with van der Waals surface area (Å²) in [5, 5.41) is 0. The second-order valence-corrected chi connectivity index (χ2v) is 7.22. The summed E-state index contributed by atoms with van der Waals surface area (Å²) >= 11 is 0. The monoisotopic (exact) mass is 437 g/mol. The highest BCUT2D eigenvalue weighted by atomic mass is 19.4. The molecule has 0 unspecified atom stereocenters. The summed E-state index contributed by atoms with van der Waals surface area (Å²) in [7, 11) is 1.52. The van der Waals surface area contributed by atoms with Crippen molar-refractivity contribution in [3.05, 3.63) is 59.4 Å². The molecule has 1 fully saturated rings. The van der Waals surface area contributed by atoms with Crippen molar-refractivity contribution in [2.75, 3.05) is 20.2 Å². The molecule has 4 rings (SSSR count). The molecule has 1 amide bonds. The molecule has 0 saturated carbocycles. The van der Waals surface area contributed by atoms with Gasteiger partial charge in [-0.05, 0) is 42.5 Å². The molecule has 2 atom stereocenters. The van der Waals surface area contributed by atoms with Crippen molar-refractivity contribution in [1.82, 2.24) is 14.9 Å². The van der Waals surface area contributed by atoms with Crippen LogP contribution < -0.4 is 4.74 Å². The van der Waals surface area contributed by atoms with E-state index in [1.165, 1.54) is 18.1 Å². The second kappa shape index (κ2) is 8.18. The highest BCUT2D eigenvalue weighted by Gasteiger charge is 2.37. The van der Waals surface area contributed by atoms with Gasteiger partial charge in [0.15, 0.2) is 0 Å². The Kier molecular flexibility index (Phi) is 5.57. The van der Waals surface area contributed by atoms with Gasteiger partial charge in [-0.1, -0.05) is 0 Å². The maximum Gasteiger partial charge on any atom is 0.416 e. The molecule has 1 aliphatic heterocycles. The zero-order valence-electron chi connectivity index (χ0n) is 16.4. The van der Waals surface area contributed by atoms with Gasteiger partial charge in [0, 0.05) is 5.56 Å². The third kappa shape index (κ3) is 4.48. The van der Waals surface area contributed by atoms with E-state index < -0.39 is 24.0 Å². The van der Waals surface area contributed by atoms with Crippen LogP contribution in [0, 0.1) is 0 Å². The Balaban J connectivity index is 1.39. The van der Waals surface area contributed by atoms with Gasteiger partial charge in [-0.3, -0.25) is 4.79 Å². The van der Waals surface area contributed by atoms with E-state index in [1.54, 1.807) is 24.3 Å². The van der Waals surface area contributed by atoms with Crippen molar-refractivity contribution >= 4 is 16.9 Å². The van der Waals surface area contributed by atoms with Crippen LogP contribution in [0.3, 0.4) is 0 Å². The number of carbonyl (C=O) groups excluding carboxylic acids is 1. The Hall–Kier alpha value is -3.14. The number of benzene rings is 2. The number of hydrogen-bond acceptors (Lipinski definition) is 4. The van der Waals surface area contributed by atoms with Gasteiger partial charge in [-0.2, -0.15) is 13.2 Å². The Morgan fingerprint density at radius 2 is 1.94 bits per heavy atom. The minimum Gasteiger partial charge on any atom is -0.497 e. The number of methoxy groups -OCH3 is 1. The molecular weight excluding hydrogens is 418 g/mol. The van der Waals surface area contributed by atoms with Crippen LogP contribution in [0.25, 0.3) is 11.0 Å². The molecule has 3 aromatic rings. The topological polar surface area (TPSA) is 67.4 Å². The first kappa shape index (κ1) is 21.1. The van der Waals surface area contributed by atoms with Crippen LogP contribution in [0.5, 0.6) is 5.75 Å². The van der Waals surface area contributed by atoms with Gasteiger partial charge in [0.1, 0.15) is 30.5 Å². The maximum atomic E-state index is 14.4. The first-order valence-electron chi connectivity index (χ1n) is 9.49. The van der Waals surface area contributed by atoms with Gasteiger partial charge in [0.2, 0.25) is 0 Å². The quantitative estimate of drug-likeness (QED) is 0.614. The van der Waals surface area contributed by atoms with E-state index in [9.17, 15) is 22.4 Å². The van der Waals surface area contributed by atoms with Crippen LogP contribution >= 0.6 is 0 Å². The number of amides is 1. The van der Waals surface area contributed by atoms with Crippen LogP contribution in [-0.2, 0) is 17.5 Å². The summed E-state index contributed by atoms with van der Waals surface area (Å²) in [6.07, 6.45) is -6.70. The molecule has 2 heterocycles. The summed E-state index contributed by atoms with van der Waals surface area (Å²) < 4.78 is 63.6. The molecule has 1 aromatic heterocycles. The second-order valence-electron chi connectivity index (χ2n) is 7.22. The van der Waals surface area contributed by atoms with Gasteiger partial charge in [-0.25, -0.2) is 9.37 Å². The standard InChI is InChI=1S/C21H19F4N3O3/c1-30-14-5-2-12(3-6-14)20(29)28-9-15(22)18(10-28)31-11-19-26-16-7-4-13(21(23,24)25)8-17(16)27-19/h2-8,15,18H,9-11H2,1H3,(H,26,27)/t15-,18+/m1/s1. The molecule has 1 N–H and O–H groups in total. The van der Waals surface area contributed by atoms with Crippen molar-refractivity contribution in [2.45, 2.75) is 25.1 Å². The molecule has 2 aromatic carbocycles. The number of rotatable bonds is 5. The first-order valence-corrected chi connectivity index (χ1v) is 9.49. The number of hydrogen-bond donors (Lipinski definition) is 1. The molecule has 31 heavy (non-hydrogen) atoms. The minimum atomic E-state index is -4.46. The van der Waals surface area contributed by atoms with Crippen molar-refractivity contribution < 1.29 is 31.8 Å². The van der Waals surface area contributed by atoms with Gasteiger partial charge >= 0.3 is 6.18 Å². The summed E-state index contributed by atoms with van der Waals surface area (Å²) in [5.41, 5.74) is 0.189. The van der Waals surface area contributed by atoms with E-state index in [1.807, 2.05) is 0 Å². The maximum absolute atomic E-state index is 14.4. The number of alkyl halides is 4. The molecule has 0 spiro atoms. The number of aromatic amines is 1. The van der Waals surface area contributed by atoms with E-state index in [-0.39, 0.29) is 36.9 Å². The van der Waals surface area contributed by atoms with Crippen LogP contribution in [-0.4, -0.2) is 53.2 Å². The van der Waals surface area contributed by atoms with Gasteiger partial charge < -0.3 is 19.4 Å². The number of ether oxygens (including phenoxy) is 2. The van der Waals surface area contributed by atoms with Gasteiger partial charge in [0.05, 0.1) is 36.8 Å². The molecule has 0 radical (unpaired) electrons. The summed E-state index contributed by atoms with van der Waals surface area (Å²) in [6, 6.07) is 9.69. The van der Waals surface area contributed by atoms with E-state index >= 15 is 0 Å². The van der Waals surface area contributed by atoms with Gasteiger partial charge in [0.25, 0.3) is 5.91 Å². The van der Waals surface area contributed by atoms with E-state index in [2.05, 4.69) is 9.97 Å². The Labute approximate surface area is 174 Å². The highest BCUT2D eigenvalue weighted by Crippen LogP contribution is 2.31. The normalized spacial score (nSPS) is 19.2.